The lowest BCUT2D eigenvalue weighted by Crippen LogP contribution is -2.28. The second-order valence-electron chi connectivity index (χ2n) is 3.42. The summed E-state index contributed by atoms with van der Waals surface area (Å²) in [6.07, 6.45) is 4.06. The molecule has 0 atom stereocenters. The highest BCUT2D eigenvalue weighted by Crippen LogP contribution is 2.00. The number of aromatic nitrogens is 1. The van der Waals surface area contributed by atoms with Gasteiger partial charge in [0.15, 0.2) is 0 Å². The Bertz CT molecular complexity index is 363. The van der Waals surface area contributed by atoms with Crippen molar-refractivity contribution >= 4 is 11.6 Å². The Kier molecular flexibility index (Phi) is 5.74. The molecule has 1 aromatic rings. The number of nitrogen functional groups attached to an aromatic ring is 1. The second kappa shape index (κ2) is 7.40. The fourth-order valence-corrected chi connectivity index (χ4v) is 1.14. The summed E-state index contributed by atoms with van der Waals surface area (Å²) in [5, 5.41) is 2.70. The number of nitrogens with one attached hydrogen (secondary N) is 1. The molecule has 0 radical (unpaired) electrons. The van der Waals surface area contributed by atoms with Gasteiger partial charge in [0, 0.05) is 6.54 Å². The number of nitrogens with zero attached hydrogens (tertiary/aromatic N) is 1. The molecule has 5 nitrogen and oxygen atoms in total. The number of hydrogen-bond donors (Lipinski definition) is 2. The van der Waals surface area contributed by atoms with Gasteiger partial charge in [0.25, 0.3) is 5.91 Å². The molecule has 3 N–H and O–H groups in total. The predicted octanol–water partition coefficient (Wildman–Crippen LogP) is 0.986. The van der Waals surface area contributed by atoms with Gasteiger partial charge in [-0.1, -0.05) is 6.08 Å². The van der Waals surface area contributed by atoms with E-state index in [0.717, 1.165) is 6.42 Å². The van der Waals surface area contributed by atoms with E-state index in [9.17, 15) is 4.79 Å². The van der Waals surface area contributed by atoms with Crippen LogP contribution in [0.2, 0.25) is 0 Å². The van der Waals surface area contributed by atoms with Crippen LogP contribution in [0.5, 0.6) is 0 Å². The zero-order valence-corrected chi connectivity index (χ0v) is 9.69. The minimum atomic E-state index is -0.225. The number of carbonyl (C=O) groups excluding carboxylic acids is 1. The number of anilines is 1. The number of rotatable bonds is 7. The first kappa shape index (κ1) is 13.2. The first-order valence-corrected chi connectivity index (χ1v) is 5.42. The average Bonchev–Trinajstić information content (AvgIpc) is 2.34. The Balaban J connectivity index is 2.21. The lowest BCUT2D eigenvalue weighted by Gasteiger charge is -2.05. The Hall–Kier alpha value is -1.88. The Morgan fingerprint density at radius 3 is 3.00 bits per heavy atom. The highest BCUT2D eigenvalue weighted by atomic mass is 16.5. The highest BCUT2D eigenvalue weighted by Gasteiger charge is 2.05. The molecule has 0 aliphatic heterocycles. The summed E-state index contributed by atoms with van der Waals surface area (Å²) in [6.45, 7) is 5.15. The van der Waals surface area contributed by atoms with Crippen LogP contribution < -0.4 is 11.1 Å². The van der Waals surface area contributed by atoms with Crippen LogP contribution in [0.3, 0.4) is 0 Å². The topological polar surface area (TPSA) is 77.2 Å². The van der Waals surface area contributed by atoms with E-state index in [-0.39, 0.29) is 5.91 Å². The van der Waals surface area contributed by atoms with Crippen LogP contribution >= 0.6 is 0 Å². The molecule has 0 bridgehead atoms. The SMILES string of the molecule is C=CCCOCCNC(=O)c1ccc(N)cn1. The molecule has 0 saturated heterocycles. The first-order chi connectivity index (χ1) is 8.24. The summed E-state index contributed by atoms with van der Waals surface area (Å²) >= 11 is 0. The largest absolute Gasteiger partial charge is 0.397 e. The summed E-state index contributed by atoms with van der Waals surface area (Å²) in [5.74, 6) is -0.225. The molecule has 0 aromatic carbocycles. The number of pyridine rings is 1. The van der Waals surface area contributed by atoms with Crippen molar-refractivity contribution in [3.63, 3.8) is 0 Å². The van der Waals surface area contributed by atoms with Gasteiger partial charge in [0.2, 0.25) is 0 Å². The van der Waals surface area contributed by atoms with Crippen LogP contribution in [-0.4, -0.2) is 30.6 Å². The van der Waals surface area contributed by atoms with Gasteiger partial charge in [-0.2, -0.15) is 0 Å². The smallest absolute Gasteiger partial charge is 0.269 e. The number of ether oxygens (including phenoxy) is 1. The maximum Gasteiger partial charge on any atom is 0.269 e. The molecule has 0 aliphatic carbocycles. The van der Waals surface area contributed by atoms with Gasteiger partial charge in [0.05, 0.1) is 25.1 Å². The van der Waals surface area contributed by atoms with Crippen LogP contribution in [0.25, 0.3) is 0 Å². The van der Waals surface area contributed by atoms with Crippen LogP contribution in [0.1, 0.15) is 16.9 Å². The lowest BCUT2D eigenvalue weighted by atomic mass is 10.3. The summed E-state index contributed by atoms with van der Waals surface area (Å²) in [4.78, 5) is 15.5. The maximum atomic E-state index is 11.6. The number of hydrogen-bond acceptors (Lipinski definition) is 4. The van der Waals surface area contributed by atoms with E-state index in [4.69, 9.17) is 10.5 Å². The molecule has 0 spiro atoms. The fraction of sp³-hybridized carbons (Fsp3) is 0.333. The van der Waals surface area contributed by atoms with Gasteiger partial charge in [-0.05, 0) is 18.6 Å². The molecule has 0 saturated carbocycles. The minimum absolute atomic E-state index is 0.225. The van der Waals surface area contributed by atoms with Crippen LogP contribution in [0, 0.1) is 0 Å². The Morgan fingerprint density at radius 2 is 2.35 bits per heavy atom. The minimum Gasteiger partial charge on any atom is -0.397 e. The van der Waals surface area contributed by atoms with E-state index < -0.39 is 0 Å². The van der Waals surface area contributed by atoms with Crippen molar-refractivity contribution in [1.82, 2.24) is 10.3 Å². The van der Waals surface area contributed by atoms with E-state index in [1.54, 1.807) is 18.2 Å². The third-order valence-corrected chi connectivity index (χ3v) is 2.02. The maximum absolute atomic E-state index is 11.6. The normalized spacial score (nSPS) is 9.88. The quantitative estimate of drug-likeness (QED) is 0.545. The number of carbonyl (C=O) groups is 1. The van der Waals surface area contributed by atoms with E-state index in [0.29, 0.717) is 31.1 Å². The van der Waals surface area contributed by atoms with Crippen molar-refractivity contribution in [2.75, 3.05) is 25.5 Å². The number of amides is 1. The van der Waals surface area contributed by atoms with Crippen molar-refractivity contribution in [2.24, 2.45) is 0 Å². The summed E-state index contributed by atoms with van der Waals surface area (Å²) in [5.41, 5.74) is 6.36. The molecule has 1 amide bonds. The summed E-state index contributed by atoms with van der Waals surface area (Å²) < 4.78 is 5.25. The van der Waals surface area contributed by atoms with Crippen molar-refractivity contribution < 1.29 is 9.53 Å². The zero-order chi connectivity index (χ0) is 12.5. The molecule has 0 fully saturated rings. The lowest BCUT2D eigenvalue weighted by molar-refractivity contribution is 0.0913. The summed E-state index contributed by atoms with van der Waals surface area (Å²) in [7, 11) is 0. The van der Waals surface area contributed by atoms with Gasteiger partial charge in [-0.15, -0.1) is 6.58 Å². The van der Waals surface area contributed by atoms with Gasteiger partial charge < -0.3 is 15.8 Å². The van der Waals surface area contributed by atoms with E-state index in [2.05, 4.69) is 16.9 Å². The molecule has 5 heteroatoms. The van der Waals surface area contributed by atoms with Crippen LogP contribution in [0.15, 0.2) is 31.0 Å². The molecular weight excluding hydrogens is 218 g/mol. The third-order valence-electron chi connectivity index (χ3n) is 2.02. The van der Waals surface area contributed by atoms with Gasteiger partial charge in [-0.3, -0.25) is 4.79 Å². The fourth-order valence-electron chi connectivity index (χ4n) is 1.14. The zero-order valence-electron chi connectivity index (χ0n) is 9.69. The monoisotopic (exact) mass is 235 g/mol. The van der Waals surface area contributed by atoms with Gasteiger partial charge >= 0.3 is 0 Å². The molecule has 1 rings (SSSR count). The van der Waals surface area contributed by atoms with E-state index in [1.165, 1.54) is 6.20 Å². The van der Waals surface area contributed by atoms with Gasteiger partial charge in [0.1, 0.15) is 5.69 Å². The van der Waals surface area contributed by atoms with Crippen LogP contribution in [-0.2, 0) is 4.74 Å². The van der Waals surface area contributed by atoms with Crippen molar-refractivity contribution in [2.45, 2.75) is 6.42 Å². The standard InChI is InChI=1S/C12H17N3O2/c1-2-3-7-17-8-6-14-12(16)11-5-4-10(13)9-15-11/h2,4-5,9H,1,3,6-8,13H2,(H,14,16). The van der Waals surface area contributed by atoms with Gasteiger partial charge in [-0.25, -0.2) is 4.98 Å². The van der Waals surface area contributed by atoms with Crippen molar-refractivity contribution in [3.8, 4) is 0 Å². The molecule has 0 unspecified atom stereocenters. The molecule has 17 heavy (non-hydrogen) atoms. The van der Waals surface area contributed by atoms with Crippen molar-refractivity contribution in [1.29, 1.82) is 0 Å². The van der Waals surface area contributed by atoms with E-state index in [1.807, 2.05) is 0 Å². The molecule has 92 valence electrons. The Labute approximate surface area is 101 Å². The molecular formula is C12H17N3O2. The molecule has 0 aliphatic rings. The van der Waals surface area contributed by atoms with Crippen LogP contribution in [0.4, 0.5) is 5.69 Å². The highest BCUT2D eigenvalue weighted by molar-refractivity contribution is 5.92. The first-order valence-electron chi connectivity index (χ1n) is 5.42. The van der Waals surface area contributed by atoms with Crippen molar-refractivity contribution in [3.05, 3.63) is 36.7 Å². The average molecular weight is 235 g/mol. The molecule has 1 aromatic heterocycles. The number of nitrogens with two attached hydrogens (primary N) is 1. The second-order valence-corrected chi connectivity index (χ2v) is 3.42. The van der Waals surface area contributed by atoms with E-state index >= 15 is 0 Å². The predicted molar refractivity (Wildman–Crippen MR) is 66.6 cm³/mol. The summed E-state index contributed by atoms with van der Waals surface area (Å²) in [6, 6.07) is 3.23. The third kappa shape index (κ3) is 5.12. The Morgan fingerprint density at radius 1 is 1.53 bits per heavy atom. The molecule has 1 heterocycles.